The van der Waals surface area contributed by atoms with Crippen molar-refractivity contribution in [3.63, 3.8) is 0 Å². The van der Waals surface area contributed by atoms with E-state index in [1.54, 1.807) is 0 Å². The SMILES string of the molecule is Cc1cc(Br)cc(NC2(CN)CCN(C)C2)c1. The lowest BCUT2D eigenvalue weighted by Crippen LogP contribution is -2.47. The fourth-order valence-corrected chi connectivity index (χ4v) is 3.12. The number of nitrogens with zero attached hydrogens (tertiary/aromatic N) is 1. The Labute approximate surface area is 111 Å². The Morgan fingerprint density at radius 3 is 2.76 bits per heavy atom. The van der Waals surface area contributed by atoms with Crippen molar-refractivity contribution in [3.05, 3.63) is 28.2 Å². The van der Waals surface area contributed by atoms with E-state index < -0.39 is 0 Å². The molecule has 0 aliphatic carbocycles. The number of nitrogens with one attached hydrogen (secondary N) is 1. The van der Waals surface area contributed by atoms with Crippen molar-refractivity contribution in [2.45, 2.75) is 18.9 Å². The van der Waals surface area contributed by atoms with E-state index in [4.69, 9.17) is 5.73 Å². The lowest BCUT2D eigenvalue weighted by molar-refractivity contribution is 0.385. The maximum absolute atomic E-state index is 5.95. The van der Waals surface area contributed by atoms with E-state index in [0.29, 0.717) is 6.54 Å². The maximum Gasteiger partial charge on any atom is 0.0634 e. The van der Waals surface area contributed by atoms with E-state index in [2.05, 4.69) is 58.3 Å². The second-order valence-corrected chi connectivity index (χ2v) is 6.03. The van der Waals surface area contributed by atoms with Gasteiger partial charge in [0.1, 0.15) is 0 Å². The lowest BCUT2D eigenvalue weighted by atomic mass is 9.98. The van der Waals surface area contributed by atoms with Crippen molar-refractivity contribution in [1.82, 2.24) is 4.90 Å². The van der Waals surface area contributed by atoms with Crippen LogP contribution < -0.4 is 11.1 Å². The zero-order valence-electron chi connectivity index (χ0n) is 10.5. The van der Waals surface area contributed by atoms with E-state index in [1.807, 2.05) is 0 Å². The van der Waals surface area contributed by atoms with Crippen LogP contribution >= 0.6 is 15.9 Å². The van der Waals surface area contributed by atoms with Gasteiger partial charge in [0.05, 0.1) is 5.54 Å². The summed E-state index contributed by atoms with van der Waals surface area (Å²) in [7, 11) is 2.14. The second-order valence-electron chi connectivity index (χ2n) is 5.11. The molecule has 0 spiro atoms. The summed E-state index contributed by atoms with van der Waals surface area (Å²) in [5.41, 5.74) is 8.38. The van der Waals surface area contributed by atoms with Gasteiger partial charge in [0, 0.05) is 29.8 Å². The second kappa shape index (κ2) is 4.96. The van der Waals surface area contributed by atoms with Crippen LogP contribution in [0.3, 0.4) is 0 Å². The predicted octanol–water partition coefficient (Wildman–Crippen LogP) is 2.20. The molecule has 3 nitrogen and oxygen atoms in total. The quantitative estimate of drug-likeness (QED) is 0.899. The molecule has 4 heteroatoms. The first-order valence-electron chi connectivity index (χ1n) is 5.97. The number of likely N-dealkylation sites (N-methyl/N-ethyl adjacent to an activating group) is 1. The number of nitrogens with two attached hydrogens (primary N) is 1. The average Bonchev–Trinajstić information content (AvgIpc) is 2.59. The molecule has 0 radical (unpaired) electrons. The van der Waals surface area contributed by atoms with Crippen LogP contribution in [0.5, 0.6) is 0 Å². The minimum atomic E-state index is 0.0297. The van der Waals surface area contributed by atoms with Crippen LogP contribution in [-0.2, 0) is 0 Å². The fourth-order valence-electron chi connectivity index (χ4n) is 2.51. The Morgan fingerprint density at radius 2 is 2.24 bits per heavy atom. The number of anilines is 1. The number of halogens is 1. The normalized spacial score (nSPS) is 25.2. The van der Waals surface area contributed by atoms with Crippen molar-refractivity contribution in [2.75, 3.05) is 32.0 Å². The molecule has 0 amide bonds. The van der Waals surface area contributed by atoms with Gasteiger partial charge in [-0.15, -0.1) is 0 Å². The molecule has 0 saturated carbocycles. The summed E-state index contributed by atoms with van der Waals surface area (Å²) in [6, 6.07) is 6.39. The highest BCUT2D eigenvalue weighted by atomic mass is 79.9. The molecule has 2 rings (SSSR count). The van der Waals surface area contributed by atoms with Gasteiger partial charge < -0.3 is 16.0 Å². The van der Waals surface area contributed by atoms with Gasteiger partial charge in [-0.2, -0.15) is 0 Å². The summed E-state index contributed by atoms with van der Waals surface area (Å²) < 4.78 is 1.11. The van der Waals surface area contributed by atoms with Gasteiger partial charge in [-0.25, -0.2) is 0 Å². The van der Waals surface area contributed by atoms with Crippen molar-refractivity contribution >= 4 is 21.6 Å². The first-order valence-corrected chi connectivity index (χ1v) is 6.76. The molecule has 17 heavy (non-hydrogen) atoms. The predicted molar refractivity (Wildman–Crippen MR) is 76.4 cm³/mol. The van der Waals surface area contributed by atoms with Crippen LogP contribution in [0, 0.1) is 6.92 Å². The molecular weight excluding hydrogens is 278 g/mol. The summed E-state index contributed by atoms with van der Waals surface area (Å²) in [6.07, 6.45) is 1.10. The molecule has 1 aromatic carbocycles. The van der Waals surface area contributed by atoms with Gasteiger partial charge in [-0.3, -0.25) is 0 Å². The number of aryl methyl sites for hydroxylation is 1. The molecule has 1 heterocycles. The Kier molecular flexibility index (Phi) is 3.76. The fraction of sp³-hybridized carbons (Fsp3) is 0.538. The van der Waals surface area contributed by atoms with Crippen LogP contribution in [0.4, 0.5) is 5.69 Å². The topological polar surface area (TPSA) is 41.3 Å². The highest BCUT2D eigenvalue weighted by molar-refractivity contribution is 9.10. The monoisotopic (exact) mass is 297 g/mol. The van der Waals surface area contributed by atoms with Crippen LogP contribution in [0.25, 0.3) is 0 Å². The molecule has 1 saturated heterocycles. The highest BCUT2D eigenvalue weighted by Gasteiger charge is 2.35. The van der Waals surface area contributed by atoms with E-state index >= 15 is 0 Å². The third kappa shape index (κ3) is 3.00. The molecular formula is C13H20BrN3. The summed E-state index contributed by atoms with van der Waals surface area (Å²) in [5.74, 6) is 0. The zero-order valence-corrected chi connectivity index (χ0v) is 12.0. The minimum Gasteiger partial charge on any atom is -0.377 e. The molecule has 3 N–H and O–H groups in total. The number of hydrogen-bond acceptors (Lipinski definition) is 3. The van der Waals surface area contributed by atoms with E-state index in [9.17, 15) is 0 Å². The number of likely N-dealkylation sites (tertiary alicyclic amines) is 1. The van der Waals surface area contributed by atoms with Gasteiger partial charge in [0.25, 0.3) is 0 Å². The first kappa shape index (κ1) is 12.9. The molecule has 1 aliphatic rings. The van der Waals surface area contributed by atoms with E-state index in [1.165, 1.54) is 5.56 Å². The van der Waals surface area contributed by atoms with Crippen molar-refractivity contribution in [3.8, 4) is 0 Å². The molecule has 0 bridgehead atoms. The Bertz CT molecular complexity index is 387. The molecule has 1 unspecified atom stereocenters. The van der Waals surface area contributed by atoms with Gasteiger partial charge in [-0.05, 0) is 44.2 Å². The Hall–Kier alpha value is -0.580. The standard InChI is InChI=1S/C13H20BrN3/c1-10-5-11(14)7-12(6-10)16-13(8-15)3-4-17(2)9-13/h5-7,16H,3-4,8-9,15H2,1-2H3. The highest BCUT2D eigenvalue weighted by Crippen LogP contribution is 2.27. The largest absolute Gasteiger partial charge is 0.377 e. The average molecular weight is 298 g/mol. The minimum absolute atomic E-state index is 0.0297. The third-order valence-corrected chi connectivity index (χ3v) is 3.84. The summed E-state index contributed by atoms with van der Waals surface area (Å²) in [5, 5.41) is 3.62. The van der Waals surface area contributed by atoms with Crippen molar-refractivity contribution < 1.29 is 0 Å². The van der Waals surface area contributed by atoms with Crippen LogP contribution in [0.15, 0.2) is 22.7 Å². The Morgan fingerprint density at radius 1 is 1.47 bits per heavy atom. The smallest absolute Gasteiger partial charge is 0.0634 e. The molecule has 94 valence electrons. The molecule has 1 aliphatic heterocycles. The Balaban J connectivity index is 2.18. The third-order valence-electron chi connectivity index (χ3n) is 3.39. The van der Waals surface area contributed by atoms with E-state index in [-0.39, 0.29) is 5.54 Å². The van der Waals surface area contributed by atoms with Crippen molar-refractivity contribution in [2.24, 2.45) is 5.73 Å². The summed E-state index contributed by atoms with van der Waals surface area (Å²) in [6.45, 7) is 4.89. The molecule has 1 fully saturated rings. The van der Waals surface area contributed by atoms with Crippen molar-refractivity contribution in [1.29, 1.82) is 0 Å². The van der Waals surface area contributed by atoms with Gasteiger partial charge in [0.2, 0.25) is 0 Å². The summed E-state index contributed by atoms with van der Waals surface area (Å²) >= 11 is 3.53. The molecule has 1 atom stereocenters. The van der Waals surface area contributed by atoms with Gasteiger partial charge in [0.15, 0.2) is 0 Å². The van der Waals surface area contributed by atoms with Crippen LogP contribution in [0.1, 0.15) is 12.0 Å². The maximum atomic E-state index is 5.95. The van der Waals surface area contributed by atoms with Gasteiger partial charge in [-0.1, -0.05) is 15.9 Å². The summed E-state index contributed by atoms with van der Waals surface area (Å²) in [4.78, 5) is 2.32. The van der Waals surface area contributed by atoms with Crippen LogP contribution in [0.2, 0.25) is 0 Å². The van der Waals surface area contributed by atoms with E-state index in [0.717, 1.165) is 29.7 Å². The number of benzene rings is 1. The number of hydrogen-bond donors (Lipinski definition) is 2. The number of rotatable bonds is 3. The van der Waals surface area contributed by atoms with Crippen LogP contribution in [-0.4, -0.2) is 37.1 Å². The first-order chi connectivity index (χ1) is 8.03. The molecule has 0 aromatic heterocycles. The molecule has 1 aromatic rings. The van der Waals surface area contributed by atoms with Gasteiger partial charge >= 0.3 is 0 Å². The zero-order chi connectivity index (χ0) is 12.5. The lowest BCUT2D eigenvalue weighted by Gasteiger charge is -2.30.